The van der Waals surface area contributed by atoms with Crippen LogP contribution < -0.4 is 10.2 Å². The maximum atomic E-state index is 12.6. The van der Waals surface area contributed by atoms with Gasteiger partial charge in [-0.15, -0.1) is 0 Å². The zero-order valence-electron chi connectivity index (χ0n) is 14.5. The topological polar surface area (TPSA) is 71.0 Å². The number of pyridine rings is 3. The van der Waals surface area contributed by atoms with Crippen molar-refractivity contribution in [1.29, 1.82) is 0 Å². The maximum absolute atomic E-state index is 12.6. The van der Waals surface area contributed by atoms with Crippen molar-refractivity contribution in [2.45, 2.75) is 31.7 Å². The van der Waals surface area contributed by atoms with Crippen molar-refractivity contribution in [2.75, 3.05) is 16.8 Å². The lowest BCUT2D eigenvalue weighted by Gasteiger charge is -2.37. The quantitative estimate of drug-likeness (QED) is 0.783. The fraction of sp³-hybridized carbons (Fsp3) is 0.300. The van der Waals surface area contributed by atoms with Crippen molar-refractivity contribution >= 4 is 28.3 Å². The van der Waals surface area contributed by atoms with Crippen LogP contribution in [0, 0.1) is 0 Å². The van der Waals surface area contributed by atoms with E-state index in [1.165, 1.54) is 0 Å². The summed E-state index contributed by atoms with van der Waals surface area (Å²) in [7, 11) is 0. The number of hydrogen-bond donors (Lipinski definition) is 1. The van der Waals surface area contributed by atoms with Gasteiger partial charge in [0.2, 0.25) is 5.91 Å². The van der Waals surface area contributed by atoms with Crippen LogP contribution in [0.15, 0.2) is 55.1 Å². The Bertz CT molecular complexity index is 899. The van der Waals surface area contributed by atoms with Crippen LogP contribution in [-0.4, -0.2) is 33.4 Å². The number of nitrogens with one attached hydrogen (secondary N) is 1. The minimum Gasteiger partial charge on any atom is -0.368 e. The molecule has 3 aromatic rings. The average Bonchev–Trinajstić information content (AvgIpc) is 2.69. The Morgan fingerprint density at radius 2 is 2.00 bits per heavy atom. The smallest absolute Gasteiger partial charge is 0.226 e. The van der Waals surface area contributed by atoms with E-state index in [9.17, 15) is 4.79 Å². The molecular weight excluding hydrogens is 326 g/mol. The fourth-order valence-electron chi connectivity index (χ4n) is 3.54. The van der Waals surface area contributed by atoms with Gasteiger partial charge in [0, 0.05) is 43.3 Å². The second-order valence-corrected chi connectivity index (χ2v) is 6.57. The van der Waals surface area contributed by atoms with Crippen molar-refractivity contribution in [3.63, 3.8) is 0 Å². The van der Waals surface area contributed by atoms with Crippen LogP contribution in [0.1, 0.15) is 25.7 Å². The lowest BCUT2D eigenvalue weighted by atomic mass is 9.98. The first-order valence-corrected chi connectivity index (χ1v) is 8.97. The van der Waals surface area contributed by atoms with Gasteiger partial charge in [-0.25, -0.2) is 0 Å². The van der Waals surface area contributed by atoms with Crippen LogP contribution in [-0.2, 0) is 4.79 Å². The van der Waals surface area contributed by atoms with E-state index in [1.807, 2.05) is 30.3 Å². The Labute approximate surface area is 152 Å². The second-order valence-electron chi connectivity index (χ2n) is 6.57. The number of nitrogens with zero attached hydrogens (tertiary/aromatic N) is 4. The van der Waals surface area contributed by atoms with Crippen molar-refractivity contribution < 1.29 is 4.79 Å². The number of piperidine rings is 1. The Morgan fingerprint density at radius 3 is 2.88 bits per heavy atom. The molecule has 3 aromatic heterocycles. The van der Waals surface area contributed by atoms with Crippen LogP contribution >= 0.6 is 0 Å². The van der Waals surface area contributed by atoms with Gasteiger partial charge in [0.1, 0.15) is 0 Å². The van der Waals surface area contributed by atoms with Crippen molar-refractivity contribution in [3.8, 4) is 0 Å². The van der Waals surface area contributed by atoms with E-state index >= 15 is 0 Å². The number of amides is 1. The molecule has 0 aromatic carbocycles. The molecule has 6 nitrogen and oxygen atoms in total. The van der Waals surface area contributed by atoms with Gasteiger partial charge in [-0.2, -0.15) is 0 Å². The minimum atomic E-state index is 0.00744. The molecule has 0 radical (unpaired) electrons. The molecule has 4 heterocycles. The molecule has 0 aliphatic carbocycles. The van der Waals surface area contributed by atoms with E-state index in [0.29, 0.717) is 12.1 Å². The normalized spacial score (nSPS) is 17.2. The highest BCUT2D eigenvalue weighted by atomic mass is 16.1. The molecule has 132 valence electrons. The number of fused-ring (bicyclic) bond motifs is 1. The van der Waals surface area contributed by atoms with Gasteiger partial charge in [0.05, 0.1) is 22.9 Å². The molecule has 1 unspecified atom stereocenters. The summed E-state index contributed by atoms with van der Waals surface area (Å²) in [5.41, 5.74) is 3.42. The van der Waals surface area contributed by atoms with E-state index in [2.05, 4.69) is 25.2 Å². The van der Waals surface area contributed by atoms with E-state index in [-0.39, 0.29) is 11.9 Å². The molecule has 1 N–H and O–H groups in total. The van der Waals surface area contributed by atoms with E-state index < -0.39 is 0 Å². The summed E-state index contributed by atoms with van der Waals surface area (Å²) in [6.45, 7) is 0.976. The van der Waals surface area contributed by atoms with Crippen LogP contribution in [0.25, 0.3) is 11.0 Å². The Balaban J connectivity index is 1.45. The summed E-state index contributed by atoms with van der Waals surface area (Å²) in [4.78, 5) is 27.6. The first-order valence-electron chi connectivity index (χ1n) is 8.97. The number of rotatable bonds is 4. The first kappa shape index (κ1) is 16.4. The van der Waals surface area contributed by atoms with Crippen molar-refractivity contribution in [2.24, 2.45) is 0 Å². The predicted molar refractivity (Wildman–Crippen MR) is 102 cm³/mol. The van der Waals surface area contributed by atoms with Crippen molar-refractivity contribution in [1.82, 2.24) is 15.0 Å². The molecule has 1 saturated heterocycles. The lowest BCUT2D eigenvalue weighted by Crippen LogP contribution is -2.41. The van der Waals surface area contributed by atoms with Gasteiger partial charge in [-0.1, -0.05) is 0 Å². The van der Waals surface area contributed by atoms with Gasteiger partial charge < -0.3 is 10.2 Å². The second kappa shape index (κ2) is 7.47. The molecule has 1 amide bonds. The summed E-state index contributed by atoms with van der Waals surface area (Å²) in [6.07, 6.45) is 10.8. The minimum absolute atomic E-state index is 0.00744. The van der Waals surface area contributed by atoms with E-state index in [1.54, 1.807) is 24.8 Å². The van der Waals surface area contributed by atoms with Crippen LogP contribution in [0.2, 0.25) is 0 Å². The number of carbonyl (C=O) groups is 1. The van der Waals surface area contributed by atoms with Crippen LogP contribution in [0.3, 0.4) is 0 Å². The van der Waals surface area contributed by atoms with E-state index in [0.717, 1.165) is 42.5 Å². The average molecular weight is 347 g/mol. The Morgan fingerprint density at radius 1 is 1.12 bits per heavy atom. The summed E-state index contributed by atoms with van der Waals surface area (Å²) >= 11 is 0. The molecule has 26 heavy (non-hydrogen) atoms. The monoisotopic (exact) mass is 347 g/mol. The number of aromatic nitrogens is 3. The van der Waals surface area contributed by atoms with Gasteiger partial charge in [0.25, 0.3) is 0 Å². The third kappa shape index (κ3) is 3.64. The highest BCUT2D eigenvalue weighted by Gasteiger charge is 2.25. The SMILES string of the molecule is O=C(CC1CCCCN1c1ccncc1)Nc1cnc2cccnc2c1. The lowest BCUT2D eigenvalue weighted by molar-refractivity contribution is -0.116. The largest absolute Gasteiger partial charge is 0.368 e. The highest BCUT2D eigenvalue weighted by Crippen LogP contribution is 2.26. The molecule has 1 aliphatic rings. The molecule has 1 fully saturated rings. The molecule has 1 atom stereocenters. The standard InChI is InChI=1S/C20H21N5O/c26-20(24-15-12-19-18(23-14-15)5-3-8-22-19)13-17-4-1-2-11-25(17)16-6-9-21-10-7-16/h3,5-10,12,14,17H,1-2,4,11,13H2,(H,24,26). The highest BCUT2D eigenvalue weighted by molar-refractivity contribution is 5.93. The molecule has 6 heteroatoms. The summed E-state index contributed by atoms with van der Waals surface area (Å²) in [6, 6.07) is 9.84. The molecule has 0 saturated carbocycles. The van der Waals surface area contributed by atoms with Gasteiger partial charge in [0.15, 0.2) is 0 Å². The molecule has 0 bridgehead atoms. The number of hydrogen-bond acceptors (Lipinski definition) is 5. The Kier molecular flexibility index (Phi) is 4.73. The van der Waals surface area contributed by atoms with Crippen LogP contribution in [0.5, 0.6) is 0 Å². The van der Waals surface area contributed by atoms with Crippen molar-refractivity contribution in [3.05, 3.63) is 55.1 Å². The summed E-state index contributed by atoms with van der Waals surface area (Å²) < 4.78 is 0. The molecule has 1 aliphatic heterocycles. The number of carbonyl (C=O) groups excluding carboxylic acids is 1. The zero-order chi connectivity index (χ0) is 17.8. The zero-order valence-corrected chi connectivity index (χ0v) is 14.5. The summed E-state index contributed by atoms with van der Waals surface area (Å²) in [5, 5.41) is 2.97. The third-order valence-corrected chi connectivity index (χ3v) is 4.78. The molecule has 0 spiro atoms. The number of anilines is 2. The third-order valence-electron chi connectivity index (χ3n) is 4.78. The van der Waals surface area contributed by atoms with Gasteiger partial charge in [-0.3, -0.25) is 19.7 Å². The Hall–Kier alpha value is -3.02. The van der Waals surface area contributed by atoms with Gasteiger partial charge in [-0.05, 0) is 49.6 Å². The maximum Gasteiger partial charge on any atom is 0.226 e. The summed E-state index contributed by atoms with van der Waals surface area (Å²) in [5.74, 6) is 0.00744. The van der Waals surface area contributed by atoms with E-state index in [4.69, 9.17) is 0 Å². The fourth-order valence-corrected chi connectivity index (χ4v) is 3.54. The first-order chi connectivity index (χ1) is 12.8. The van der Waals surface area contributed by atoms with Gasteiger partial charge >= 0.3 is 0 Å². The van der Waals surface area contributed by atoms with Crippen LogP contribution in [0.4, 0.5) is 11.4 Å². The predicted octanol–water partition coefficient (Wildman–Crippen LogP) is 3.41. The molecular formula is C20H21N5O. The molecule has 4 rings (SSSR count).